The zero-order chi connectivity index (χ0) is 21.2. The van der Waals surface area contributed by atoms with E-state index in [1.807, 2.05) is 19.2 Å². The lowest BCUT2D eigenvalue weighted by Crippen LogP contribution is -2.19. The van der Waals surface area contributed by atoms with Gasteiger partial charge in [0.05, 0.1) is 12.1 Å². The molecule has 1 amide bonds. The van der Waals surface area contributed by atoms with Gasteiger partial charge in [0.2, 0.25) is 0 Å². The number of fused-ring (bicyclic) bond motifs is 1. The number of alkyl halides is 3. The normalized spacial score (nSPS) is 11.5. The number of halogens is 3. The van der Waals surface area contributed by atoms with Gasteiger partial charge < -0.3 is 15.0 Å². The molecule has 0 saturated heterocycles. The standard InChI is InChI=1S/C21H21F3N4O/c1-4-14-12-28-10-9-27-19(28)18(26-8-7-21(22,23)24)17(14)15-5-6-16(13(2)11-15)20(29)25-3/h4-6,9-12,26H,1,7-8H2,2-3H3,(H,25,29). The summed E-state index contributed by atoms with van der Waals surface area (Å²) in [5, 5.41) is 5.50. The maximum absolute atomic E-state index is 12.7. The van der Waals surface area contributed by atoms with Gasteiger partial charge in [0.1, 0.15) is 0 Å². The molecule has 0 unspecified atom stereocenters. The lowest BCUT2D eigenvalue weighted by molar-refractivity contribution is -0.131. The summed E-state index contributed by atoms with van der Waals surface area (Å²) < 4.78 is 39.8. The molecule has 152 valence electrons. The van der Waals surface area contributed by atoms with E-state index in [1.54, 1.807) is 42.1 Å². The molecule has 0 fully saturated rings. The van der Waals surface area contributed by atoms with Crippen molar-refractivity contribution in [1.29, 1.82) is 0 Å². The van der Waals surface area contributed by atoms with Gasteiger partial charge in [0, 0.05) is 48.9 Å². The third kappa shape index (κ3) is 4.26. The first-order valence-electron chi connectivity index (χ1n) is 9.01. The lowest BCUT2D eigenvalue weighted by atomic mass is 9.95. The number of rotatable bonds is 6. The summed E-state index contributed by atoms with van der Waals surface area (Å²) in [5.41, 5.74) is 4.46. The van der Waals surface area contributed by atoms with Gasteiger partial charge in [-0.3, -0.25) is 4.79 Å². The molecule has 3 rings (SSSR count). The maximum Gasteiger partial charge on any atom is 0.390 e. The van der Waals surface area contributed by atoms with Gasteiger partial charge in [0.25, 0.3) is 5.91 Å². The van der Waals surface area contributed by atoms with Crippen LogP contribution in [0.3, 0.4) is 0 Å². The number of carbonyl (C=O) groups is 1. The van der Waals surface area contributed by atoms with Gasteiger partial charge in [-0.2, -0.15) is 13.2 Å². The van der Waals surface area contributed by atoms with Gasteiger partial charge in [0.15, 0.2) is 5.65 Å². The molecule has 2 N–H and O–H groups in total. The minimum Gasteiger partial charge on any atom is -0.381 e. The number of nitrogens with one attached hydrogen (secondary N) is 2. The highest BCUT2D eigenvalue weighted by molar-refractivity contribution is 5.97. The van der Waals surface area contributed by atoms with Crippen molar-refractivity contribution in [3.05, 3.63) is 60.1 Å². The van der Waals surface area contributed by atoms with Crippen LogP contribution in [-0.4, -0.2) is 35.1 Å². The predicted octanol–water partition coefficient (Wildman–Crippen LogP) is 4.68. The lowest BCUT2D eigenvalue weighted by Gasteiger charge is -2.18. The molecule has 0 aliphatic rings. The van der Waals surface area contributed by atoms with Crippen LogP contribution in [0.5, 0.6) is 0 Å². The van der Waals surface area contributed by atoms with E-state index >= 15 is 0 Å². The second-order valence-corrected chi connectivity index (χ2v) is 6.60. The molecule has 8 heteroatoms. The van der Waals surface area contributed by atoms with Crippen LogP contribution in [0, 0.1) is 6.92 Å². The molecular weight excluding hydrogens is 381 g/mol. The van der Waals surface area contributed by atoms with E-state index in [0.717, 1.165) is 16.7 Å². The first-order valence-corrected chi connectivity index (χ1v) is 9.01. The van der Waals surface area contributed by atoms with Crippen LogP contribution < -0.4 is 10.6 Å². The molecule has 2 heterocycles. The van der Waals surface area contributed by atoms with Gasteiger partial charge in [-0.25, -0.2) is 4.98 Å². The van der Waals surface area contributed by atoms with Crippen molar-refractivity contribution >= 4 is 23.3 Å². The summed E-state index contributed by atoms with van der Waals surface area (Å²) in [7, 11) is 1.56. The molecule has 0 atom stereocenters. The third-order valence-corrected chi connectivity index (χ3v) is 4.63. The van der Waals surface area contributed by atoms with E-state index in [1.165, 1.54) is 0 Å². The average molecular weight is 402 g/mol. The van der Waals surface area contributed by atoms with Gasteiger partial charge in [-0.15, -0.1) is 0 Å². The number of aryl methyl sites for hydroxylation is 1. The van der Waals surface area contributed by atoms with E-state index < -0.39 is 12.6 Å². The summed E-state index contributed by atoms with van der Waals surface area (Å²) in [6, 6.07) is 5.31. The Balaban J connectivity index is 2.15. The van der Waals surface area contributed by atoms with E-state index in [-0.39, 0.29) is 12.5 Å². The Labute approximate surface area is 166 Å². The van der Waals surface area contributed by atoms with E-state index in [2.05, 4.69) is 22.2 Å². The zero-order valence-electron chi connectivity index (χ0n) is 16.1. The van der Waals surface area contributed by atoms with Crippen LogP contribution in [0.15, 0.2) is 43.4 Å². The van der Waals surface area contributed by atoms with Gasteiger partial charge in [-0.1, -0.05) is 24.8 Å². The third-order valence-electron chi connectivity index (χ3n) is 4.63. The number of nitrogens with zero attached hydrogens (tertiary/aromatic N) is 2. The molecule has 0 saturated carbocycles. The highest BCUT2D eigenvalue weighted by atomic mass is 19.4. The van der Waals surface area contributed by atoms with Gasteiger partial charge >= 0.3 is 6.18 Å². The van der Waals surface area contributed by atoms with E-state index in [9.17, 15) is 18.0 Å². The first kappa shape index (κ1) is 20.4. The molecule has 0 bridgehead atoms. The Morgan fingerprint density at radius 3 is 2.72 bits per heavy atom. The molecule has 2 aromatic heterocycles. The smallest absolute Gasteiger partial charge is 0.381 e. The largest absolute Gasteiger partial charge is 0.390 e. The summed E-state index contributed by atoms with van der Waals surface area (Å²) in [5.74, 6) is -0.203. The quantitative estimate of drug-likeness (QED) is 0.630. The number of imidazole rings is 1. The van der Waals surface area contributed by atoms with Crippen LogP contribution in [0.25, 0.3) is 22.9 Å². The number of benzene rings is 1. The van der Waals surface area contributed by atoms with Crippen molar-refractivity contribution in [1.82, 2.24) is 14.7 Å². The van der Waals surface area contributed by atoms with Crippen molar-refractivity contribution in [3.8, 4) is 11.1 Å². The summed E-state index contributed by atoms with van der Waals surface area (Å²) >= 11 is 0. The molecule has 0 spiro atoms. The minimum absolute atomic E-state index is 0.203. The number of hydrogen-bond acceptors (Lipinski definition) is 3. The SMILES string of the molecule is C=Cc1cn2ccnc2c(NCCC(F)(F)F)c1-c1ccc(C(=O)NC)c(C)c1. The number of anilines is 1. The van der Waals surface area contributed by atoms with Crippen LogP contribution in [0.1, 0.15) is 27.9 Å². The molecule has 0 radical (unpaired) electrons. The first-order chi connectivity index (χ1) is 13.7. The van der Waals surface area contributed by atoms with Crippen LogP contribution in [-0.2, 0) is 0 Å². The van der Waals surface area contributed by atoms with Crippen LogP contribution >= 0.6 is 0 Å². The Bertz CT molecular complexity index is 1070. The maximum atomic E-state index is 12.7. The average Bonchev–Trinajstić information content (AvgIpc) is 3.14. The number of amides is 1. The summed E-state index contributed by atoms with van der Waals surface area (Å²) in [6.07, 6.45) is 1.54. The van der Waals surface area contributed by atoms with Crippen molar-refractivity contribution in [2.24, 2.45) is 0 Å². The molecular formula is C21H21F3N4O. The minimum atomic E-state index is -4.26. The Kier molecular flexibility index (Phi) is 5.63. The fourth-order valence-electron chi connectivity index (χ4n) is 3.25. The Hall–Kier alpha value is -3.29. The molecule has 1 aromatic carbocycles. The van der Waals surface area contributed by atoms with Crippen molar-refractivity contribution in [2.75, 3.05) is 18.9 Å². The molecule has 29 heavy (non-hydrogen) atoms. The van der Waals surface area contributed by atoms with Crippen molar-refractivity contribution < 1.29 is 18.0 Å². The number of pyridine rings is 1. The van der Waals surface area contributed by atoms with Crippen molar-refractivity contribution in [3.63, 3.8) is 0 Å². The predicted molar refractivity (Wildman–Crippen MR) is 108 cm³/mol. The van der Waals surface area contributed by atoms with Crippen molar-refractivity contribution in [2.45, 2.75) is 19.5 Å². The second-order valence-electron chi connectivity index (χ2n) is 6.60. The van der Waals surface area contributed by atoms with Gasteiger partial charge in [-0.05, 0) is 24.1 Å². The number of carbonyl (C=O) groups excluding carboxylic acids is 1. The topological polar surface area (TPSA) is 58.4 Å². The fourth-order valence-corrected chi connectivity index (χ4v) is 3.25. The number of aromatic nitrogens is 2. The monoisotopic (exact) mass is 402 g/mol. The Morgan fingerprint density at radius 2 is 2.10 bits per heavy atom. The summed E-state index contributed by atoms with van der Waals surface area (Å²) in [6.45, 7) is 5.37. The van der Waals surface area contributed by atoms with Crippen LogP contribution in [0.4, 0.5) is 18.9 Å². The fraction of sp³-hybridized carbons (Fsp3) is 0.238. The van der Waals surface area contributed by atoms with E-state index in [0.29, 0.717) is 22.5 Å². The molecule has 5 nitrogen and oxygen atoms in total. The second kappa shape index (κ2) is 7.98. The Morgan fingerprint density at radius 1 is 1.34 bits per heavy atom. The number of hydrogen-bond donors (Lipinski definition) is 2. The highest BCUT2D eigenvalue weighted by Gasteiger charge is 2.27. The molecule has 0 aliphatic carbocycles. The molecule has 0 aliphatic heterocycles. The molecule has 3 aromatic rings. The highest BCUT2D eigenvalue weighted by Crippen LogP contribution is 2.36. The zero-order valence-corrected chi connectivity index (χ0v) is 16.1. The summed E-state index contributed by atoms with van der Waals surface area (Å²) in [4.78, 5) is 16.3. The van der Waals surface area contributed by atoms with Crippen LogP contribution in [0.2, 0.25) is 0 Å². The van der Waals surface area contributed by atoms with E-state index in [4.69, 9.17) is 0 Å².